The van der Waals surface area contributed by atoms with E-state index in [0.29, 0.717) is 6.54 Å². The number of nitrogens with two attached hydrogens (primary N) is 3. The van der Waals surface area contributed by atoms with Gasteiger partial charge in [-0.1, -0.05) is 31.2 Å². The summed E-state index contributed by atoms with van der Waals surface area (Å²) in [6, 6.07) is 15.5. The number of anilines is 2. The van der Waals surface area contributed by atoms with Gasteiger partial charge in [-0.05, 0) is 83.4 Å². The van der Waals surface area contributed by atoms with Gasteiger partial charge in [0, 0.05) is 17.9 Å². The van der Waals surface area contributed by atoms with Gasteiger partial charge in [-0.25, -0.2) is 9.59 Å². The predicted molar refractivity (Wildman–Crippen MR) is 133 cm³/mol. The number of nitrogen functional groups attached to an aromatic ring is 2. The molecule has 2 aromatic rings. The summed E-state index contributed by atoms with van der Waals surface area (Å²) in [6.45, 7) is 12.7. The molecule has 0 atom stereocenters. The van der Waals surface area contributed by atoms with Crippen molar-refractivity contribution in [2.24, 2.45) is 5.73 Å². The highest BCUT2D eigenvalue weighted by molar-refractivity contribution is 5.77. The highest BCUT2D eigenvalue weighted by Gasteiger charge is 2.24. The number of hydrogen-bond donors (Lipinski definition) is 3. The minimum atomic E-state index is -1.06. The highest BCUT2D eigenvalue weighted by Crippen LogP contribution is 2.11. The maximum Gasteiger partial charge on any atom is 0.519 e. The number of rotatable bonds is 2. The van der Waals surface area contributed by atoms with Crippen molar-refractivity contribution in [3.63, 3.8) is 0 Å². The Bertz CT molecular complexity index is 765. The maximum atomic E-state index is 11.0. The number of carbonyl (C=O) groups is 2. The van der Waals surface area contributed by atoms with Crippen molar-refractivity contribution in [3.05, 3.63) is 59.7 Å². The second kappa shape index (κ2) is 14.0. The molecule has 0 saturated heterocycles. The van der Waals surface area contributed by atoms with Gasteiger partial charge in [0.05, 0.1) is 0 Å². The number of ether oxygens (including phenoxy) is 3. The molecule has 0 aromatic heterocycles. The molecule has 0 radical (unpaired) electrons. The minimum absolute atomic E-state index is 0.584. The first-order valence-electron chi connectivity index (χ1n) is 10.7. The van der Waals surface area contributed by atoms with Crippen LogP contribution in [0.2, 0.25) is 0 Å². The molecule has 0 aliphatic carbocycles. The fraction of sp³-hybridized carbons (Fsp3) is 0.440. The van der Waals surface area contributed by atoms with Crippen molar-refractivity contribution in [2.45, 2.75) is 72.6 Å². The van der Waals surface area contributed by atoms with Gasteiger partial charge in [-0.15, -0.1) is 0 Å². The van der Waals surface area contributed by atoms with E-state index in [0.717, 1.165) is 23.4 Å². The second-order valence-electron chi connectivity index (χ2n) is 9.07. The van der Waals surface area contributed by atoms with Crippen LogP contribution in [0.15, 0.2) is 48.5 Å². The van der Waals surface area contributed by atoms with Crippen molar-refractivity contribution in [1.82, 2.24) is 0 Å². The first-order chi connectivity index (χ1) is 15.1. The molecule has 8 heteroatoms. The van der Waals surface area contributed by atoms with Crippen LogP contribution in [0, 0.1) is 0 Å². The number of carbonyl (C=O) groups excluding carboxylic acids is 2. The summed E-state index contributed by atoms with van der Waals surface area (Å²) in [4.78, 5) is 22.0. The van der Waals surface area contributed by atoms with E-state index in [4.69, 9.17) is 26.7 Å². The van der Waals surface area contributed by atoms with Crippen LogP contribution in [0.25, 0.3) is 0 Å². The molecule has 6 N–H and O–H groups in total. The molecule has 0 aliphatic rings. The Morgan fingerprint density at radius 2 is 1.03 bits per heavy atom. The van der Waals surface area contributed by atoms with Crippen molar-refractivity contribution < 1.29 is 23.8 Å². The van der Waals surface area contributed by atoms with Crippen LogP contribution in [-0.2, 0) is 27.2 Å². The van der Waals surface area contributed by atoms with Gasteiger partial charge in [0.2, 0.25) is 0 Å². The lowest BCUT2D eigenvalue weighted by Gasteiger charge is -2.20. The summed E-state index contributed by atoms with van der Waals surface area (Å²) in [5, 5.41) is 0. The Morgan fingerprint density at radius 3 is 1.30 bits per heavy atom. The third-order valence-corrected chi connectivity index (χ3v) is 3.55. The van der Waals surface area contributed by atoms with Crippen LogP contribution >= 0.6 is 0 Å². The van der Waals surface area contributed by atoms with Gasteiger partial charge < -0.3 is 31.4 Å². The molecule has 0 fully saturated rings. The van der Waals surface area contributed by atoms with E-state index >= 15 is 0 Å². The molecule has 0 aliphatic heterocycles. The maximum absolute atomic E-state index is 11.0. The van der Waals surface area contributed by atoms with Gasteiger partial charge in [-0.2, -0.15) is 0 Å². The van der Waals surface area contributed by atoms with E-state index in [2.05, 4.69) is 23.8 Å². The van der Waals surface area contributed by atoms with Crippen molar-refractivity contribution in [1.29, 1.82) is 0 Å². The van der Waals surface area contributed by atoms with Crippen LogP contribution in [-0.4, -0.2) is 23.5 Å². The summed E-state index contributed by atoms with van der Waals surface area (Å²) in [6.07, 6.45) is -1.03. The predicted octanol–water partition coefficient (Wildman–Crippen LogP) is 5.43. The van der Waals surface area contributed by atoms with Gasteiger partial charge in [0.25, 0.3) is 0 Å². The van der Waals surface area contributed by atoms with E-state index in [-0.39, 0.29) is 0 Å². The average Bonchev–Trinajstić information content (AvgIpc) is 2.67. The zero-order valence-electron chi connectivity index (χ0n) is 20.8. The smallest absolute Gasteiger partial charge is 0.428 e. The second-order valence-corrected chi connectivity index (χ2v) is 9.07. The van der Waals surface area contributed by atoms with Crippen molar-refractivity contribution >= 4 is 23.7 Å². The molecule has 0 spiro atoms. The lowest BCUT2D eigenvalue weighted by molar-refractivity contribution is -0.0293. The van der Waals surface area contributed by atoms with Gasteiger partial charge in [-0.3, -0.25) is 0 Å². The first kappa shape index (κ1) is 29.7. The highest BCUT2D eigenvalue weighted by atomic mass is 16.8. The largest absolute Gasteiger partial charge is 0.519 e. The summed E-state index contributed by atoms with van der Waals surface area (Å²) in [5.41, 5.74) is 19.0. The zero-order chi connectivity index (χ0) is 25.7. The summed E-state index contributed by atoms with van der Waals surface area (Å²) in [7, 11) is 0. The molecule has 0 bridgehead atoms. The fourth-order valence-electron chi connectivity index (χ4n) is 2.02. The normalized spacial score (nSPS) is 10.5. The van der Waals surface area contributed by atoms with E-state index in [1.165, 1.54) is 5.56 Å². The molecular formula is C25H39N3O5. The van der Waals surface area contributed by atoms with Crippen LogP contribution in [0.3, 0.4) is 0 Å². The Kier molecular flexibility index (Phi) is 12.6. The standard InChI is InChI=1S/C10H18O5.C8H11N.C7H10N2/c1-9(2,3)14-7(11)13-8(12)15-10(4,5)6;1-2-7-3-5-8(9)6-4-7;8-5-6-1-3-7(9)4-2-6/h1-6H3;3-6H,2,9H2,1H3;1-4H,5,8-9H2. The summed E-state index contributed by atoms with van der Waals surface area (Å²) in [5.74, 6) is 0. The molecular weight excluding hydrogens is 422 g/mol. The van der Waals surface area contributed by atoms with Gasteiger partial charge in [0.1, 0.15) is 11.2 Å². The number of hydrogen-bond acceptors (Lipinski definition) is 8. The van der Waals surface area contributed by atoms with E-state index in [1.54, 1.807) is 41.5 Å². The molecule has 0 unspecified atom stereocenters. The summed E-state index contributed by atoms with van der Waals surface area (Å²) < 4.78 is 13.8. The monoisotopic (exact) mass is 461 g/mol. The zero-order valence-corrected chi connectivity index (χ0v) is 20.8. The first-order valence-corrected chi connectivity index (χ1v) is 10.7. The molecule has 0 saturated carbocycles. The average molecular weight is 462 g/mol. The molecule has 2 aromatic carbocycles. The Balaban J connectivity index is 0.000000489. The Hall–Kier alpha value is -3.26. The Labute approximate surface area is 197 Å². The van der Waals surface area contributed by atoms with Gasteiger partial charge in [0.15, 0.2) is 0 Å². The lowest BCUT2D eigenvalue weighted by Crippen LogP contribution is -2.29. The summed E-state index contributed by atoms with van der Waals surface area (Å²) >= 11 is 0. The SMILES string of the molecule is CC(C)(C)OC(=O)OC(=O)OC(C)(C)C.CCc1ccc(N)cc1.NCc1ccc(N)cc1. The number of aryl methyl sites for hydroxylation is 1. The van der Waals surface area contributed by atoms with Crippen LogP contribution < -0.4 is 17.2 Å². The molecule has 2 rings (SSSR count). The van der Waals surface area contributed by atoms with Gasteiger partial charge >= 0.3 is 12.3 Å². The van der Waals surface area contributed by atoms with E-state index in [1.807, 2.05) is 36.4 Å². The molecule has 0 heterocycles. The fourth-order valence-corrected chi connectivity index (χ4v) is 2.02. The molecule has 8 nitrogen and oxygen atoms in total. The quantitative estimate of drug-likeness (QED) is 0.305. The van der Waals surface area contributed by atoms with E-state index < -0.39 is 23.5 Å². The van der Waals surface area contributed by atoms with E-state index in [9.17, 15) is 9.59 Å². The van der Waals surface area contributed by atoms with Crippen molar-refractivity contribution in [3.8, 4) is 0 Å². The number of benzene rings is 2. The lowest BCUT2D eigenvalue weighted by atomic mass is 10.2. The molecule has 184 valence electrons. The van der Waals surface area contributed by atoms with Crippen LogP contribution in [0.1, 0.15) is 59.6 Å². The third kappa shape index (κ3) is 17.0. The van der Waals surface area contributed by atoms with Crippen LogP contribution in [0.4, 0.5) is 21.0 Å². The van der Waals surface area contributed by atoms with Crippen LogP contribution in [0.5, 0.6) is 0 Å². The molecule has 33 heavy (non-hydrogen) atoms. The molecule has 0 amide bonds. The third-order valence-electron chi connectivity index (χ3n) is 3.55. The Morgan fingerprint density at radius 1 is 0.697 bits per heavy atom. The van der Waals surface area contributed by atoms with Crippen molar-refractivity contribution in [2.75, 3.05) is 11.5 Å². The topological polar surface area (TPSA) is 140 Å². The minimum Gasteiger partial charge on any atom is -0.428 e.